The molecule has 152 valence electrons. The maximum Gasteiger partial charge on any atom is 0.255 e. The first-order valence-electron chi connectivity index (χ1n) is 9.26. The summed E-state index contributed by atoms with van der Waals surface area (Å²) in [6.45, 7) is 2.57. The van der Waals surface area contributed by atoms with Gasteiger partial charge in [0.1, 0.15) is 0 Å². The first-order chi connectivity index (χ1) is 13.8. The fourth-order valence-electron chi connectivity index (χ4n) is 2.78. The largest absolute Gasteiger partial charge is 0.361 e. The Hall–Kier alpha value is -2.64. The van der Waals surface area contributed by atoms with E-state index in [-0.39, 0.29) is 11.8 Å². The zero-order valence-corrected chi connectivity index (χ0v) is 18.2. The Morgan fingerprint density at radius 2 is 2.00 bits per heavy atom. The van der Waals surface area contributed by atoms with E-state index in [4.69, 9.17) is 11.6 Å². The molecule has 0 saturated carbocycles. The topological polar surface area (TPSA) is 74.3 Å². The van der Waals surface area contributed by atoms with E-state index in [1.165, 1.54) is 11.3 Å². The number of nitrogens with zero attached hydrogens (tertiary/aromatic N) is 2. The predicted octanol–water partition coefficient (Wildman–Crippen LogP) is 4.79. The number of halogens is 1. The molecule has 1 aromatic heterocycles. The van der Waals surface area contributed by atoms with Gasteiger partial charge in [-0.2, -0.15) is 0 Å². The number of para-hydroxylation sites is 1. The molecule has 0 spiro atoms. The highest BCUT2D eigenvalue weighted by Gasteiger charge is 2.13. The molecule has 0 aliphatic carbocycles. The molecule has 6 nitrogen and oxygen atoms in total. The van der Waals surface area contributed by atoms with Gasteiger partial charge in [0, 0.05) is 32.6 Å². The number of anilines is 2. The highest BCUT2D eigenvalue weighted by atomic mass is 35.5. The Morgan fingerprint density at radius 1 is 1.21 bits per heavy atom. The lowest BCUT2D eigenvalue weighted by Crippen LogP contribution is -2.21. The van der Waals surface area contributed by atoms with Gasteiger partial charge >= 0.3 is 0 Å². The van der Waals surface area contributed by atoms with Gasteiger partial charge in [0.2, 0.25) is 5.91 Å². The summed E-state index contributed by atoms with van der Waals surface area (Å²) in [7, 11) is 3.51. The van der Waals surface area contributed by atoms with Gasteiger partial charge in [-0.15, -0.1) is 0 Å². The van der Waals surface area contributed by atoms with Crippen molar-refractivity contribution in [1.29, 1.82) is 0 Å². The first kappa shape index (κ1) is 21.1. The number of fused-ring (bicyclic) bond motifs is 1. The summed E-state index contributed by atoms with van der Waals surface area (Å²) in [5.74, 6) is -0.103. The van der Waals surface area contributed by atoms with Crippen LogP contribution in [0.5, 0.6) is 0 Å². The van der Waals surface area contributed by atoms with E-state index in [1.54, 1.807) is 31.1 Å². The monoisotopic (exact) mass is 430 g/mol. The van der Waals surface area contributed by atoms with Crippen LogP contribution in [0, 0.1) is 6.92 Å². The number of carbonyl (C=O) groups is 2. The van der Waals surface area contributed by atoms with Crippen LogP contribution in [0.25, 0.3) is 10.2 Å². The number of aromatic nitrogens is 1. The number of carbonyl (C=O) groups excluding carboxylic acids is 2. The normalized spacial score (nSPS) is 10.8. The van der Waals surface area contributed by atoms with Crippen LogP contribution in [0.15, 0.2) is 36.4 Å². The van der Waals surface area contributed by atoms with Crippen LogP contribution in [0.3, 0.4) is 0 Å². The van der Waals surface area contributed by atoms with E-state index in [2.05, 4.69) is 15.6 Å². The highest BCUT2D eigenvalue weighted by Crippen LogP contribution is 2.29. The van der Waals surface area contributed by atoms with Gasteiger partial charge in [-0.05, 0) is 43.2 Å². The molecular weight excluding hydrogens is 408 g/mol. The van der Waals surface area contributed by atoms with Crippen LogP contribution in [0.1, 0.15) is 28.8 Å². The number of amides is 2. The summed E-state index contributed by atoms with van der Waals surface area (Å²) in [5, 5.41) is 7.43. The minimum absolute atomic E-state index is 0.112. The quantitative estimate of drug-likeness (QED) is 0.528. The summed E-state index contributed by atoms with van der Waals surface area (Å²) < 4.78 is 0.917. The molecule has 0 bridgehead atoms. The van der Waals surface area contributed by atoms with Crippen LogP contribution < -0.4 is 10.6 Å². The van der Waals surface area contributed by atoms with Gasteiger partial charge in [-0.3, -0.25) is 9.59 Å². The van der Waals surface area contributed by atoms with Gasteiger partial charge in [-0.1, -0.05) is 35.1 Å². The average Bonchev–Trinajstić information content (AvgIpc) is 3.09. The molecule has 2 N–H and O–H groups in total. The lowest BCUT2D eigenvalue weighted by Gasteiger charge is -2.10. The molecule has 0 aliphatic rings. The molecule has 0 radical (unpaired) electrons. The second kappa shape index (κ2) is 9.24. The minimum atomic E-state index is -0.215. The molecule has 2 amide bonds. The van der Waals surface area contributed by atoms with E-state index < -0.39 is 0 Å². The number of rotatable bonds is 7. The summed E-state index contributed by atoms with van der Waals surface area (Å²) in [6.07, 6.45) is 1.23. The zero-order valence-electron chi connectivity index (χ0n) is 16.6. The van der Waals surface area contributed by atoms with Crippen molar-refractivity contribution in [1.82, 2.24) is 9.88 Å². The number of benzene rings is 2. The van der Waals surface area contributed by atoms with Crippen molar-refractivity contribution in [2.75, 3.05) is 31.3 Å². The molecule has 0 atom stereocenters. The second-order valence-electron chi connectivity index (χ2n) is 6.91. The lowest BCUT2D eigenvalue weighted by atomic mass is 10.1. The molecular formula is C21H23ClN4O2S. The Kier molecular flexibility index (Phi) is 6.71. The summed E-state index contributed by atoms with van der Waals surface area (Å²) in [4.78, 5) is 30.4. The van der Waals surface area contributed by atoms with Crippen molar-refractivity contribution in [2.24, 2.45) is 0 Å². The van der Waals surface area contributed by atoms with Crippen molar-refractivity contribution in [2.45, 2.75) is 19.8 Å². The van der Waals surface area contributed by atoms with E-state index in [0.29, 0.717) is 29.2 Å². The van der Waals surface area contributed by atoms with Crippen molar-refractivity contribution in [3.05, 3.63) is 52.5 Å². The number of aryl methyl sites for hydroxylation is 1. The third-order valence-electron chi connectivity index (χ3n) is 4.45. The van der Waals surface area contributed by atoms with Crippen LogP contribution in [-0.2, 0) is 4.79 Å². The Balaban J connectivity index is 1.66. The van der Waals surface area contributed by atoms with Crippen LogP contribution in [0.2, 0.25) is 5.02 Å². The van der Waals surface area contributed by atoms with Crippen LogP contribution in [0.4, 0.5) is 10.8 Å². The Labute approximate surface area is 178 Å². The van der Waals surface area contributed by atoms with Gasteiger partial charge < -0.3 is 15.5 Å². The molecule has 3 aromatic rings. The molecule has 0 saturated heterocycles. The molecule has 0 fully saturated rings. The standard InChI is InChI=1S/C21H23ClN4O2S/c1-13-6-4-7-15(22)19(13)25-20(28)14-9-10-16-17(12-14)29-21(24-16)23-11-5-8-18(27)26(2)3/h4,6-7,9-10,12H,5,8,11H2,1-3H3,(H,23,24)(H,25,28). The maximum absolute atomic E-state index is 12.7. The van der Waals surface area contributed by atoms with E-state index in [0.717, 1.165) is 27.3 Å². The number of nitrogens with one attached hydrogen (secondary N) is 2. The lowest BCUT2D eigenvalue weighted by molar-refractivity contribution is -0.128. The third kappa shape index (κ3) is 5.25. The molecule has 2 aromatic carbocycles. The SMILES string of the molecule is Cc1cccc(Cl)c1NC(=O)c1ccc2nc(NCCCC(=O)N(C)C)sc2c1. The van der Waals surface area contributed by atoms with Crippen LogP contribution in [-0.4, -0.2) is 42.3 Å². The molecule has 3 rings (SSSR count). The number of thiazole rings is 1. The van der Waals surface area contributed by atoms with E-state index >= 15 is 0 Å². The molecule has 0 aliphatic heterocycles. The fraction of sp³-hybridized carbons (Fsp3) is 0.286. The van der Waals surface area contributed by atoms with E-state index in [9.17, 15) is 9.59 Å². The summed E-state index contributed by atoms with van der Waals surface area (Å²) in [5.41, 5.74) is 2.90. The van der Waals surface area contributed by atoms with Gasteiger partial charge in [0.15, 0.2) is 5.13 Å². The van der Waals surface area contributed by atoms with Crippen molar-refractivity contribution in [3.63, 3.8) is 0 Å². The Morgan fingerprint density at radius 3 is 2.72 bits per heavy atom. The average molecular weight is 431 g/mol. The highest BCUT2D eigenvalue weighted by molar-refractivity contribution is 7.22. The van der Waals surface area contributed by atoms with Crippen molar-refractivity contribution in [3.8, 4) is 0 Å². The number of hydrogen-bond donors (Lipinski definition) is 2. The predicted molar refractivity (Wildman–Crippen MR) is 120 cm³/mol. The van der Waals surface area contributed by atoms with Gasteiger partial charge in [0.25, 0.3) is 5.91 Å². The summed E-state index contributed by atoms with van der Waals surface area (Å²) >= 11 is 7.68. The maximum atomic E-state index is 12.7. The smallest absolute Gasteiger partial charge is 0.255 e. The molecule has 8 heteroatoms. The van der Waals surface area contributed by atoms with E-state index in [1.807, 2.05) is 31.2 Å². The van der Waals surface area contributed by atoms with Gasteiger partial charge in [0.05, 0.1) is 20.9 Å². The molecule has 1 heterocycles. The zero-order chi connectivity index (χ0) is 21.0. The second-order valence-corrected chi connectivity index (χ2v) is 8.34. The Bertz CT molecular complexity index is 1030. The van der Waals surface area contributed by atoms with Crippen LogP contribution >= 0.6 is 22.9 Å². The first-order valence-corrected chi connectivity index (χ1v) is 10.5. The molecule has 0 unspecified atom stereocenters. The van der Waals surface area contributed by atoms with Crippen molar-refractivity contribution < 1.29 is 9.59 Å². The van der Waals surface area contributed by atoms with Gasteiger partial charge in [-0.25, -0.2) is 4.98 Å². The minimum Gasteiger partial charge on any atom is -0.361 e. The van der Waals surface area contributed by atoms with Crippen molar-refractivity contribution >= 4 is 55.8 Å². The summed E-state index contributed by atoms with van der Waals surface area (Å²) in [6, 6.07) is 10.9. The third-order valence-corrected chi connectivity index (χ3v) is 5.74. The fourth-order valence-corrected chi connectivity index (χ4v) is 3.98. The molecule has 29 heavy (non-hydrogen) atoms. The number of hydrogen-bond acceptors (Lipinski definition) is 5.